The van der Waals surface area contributed by atoms with Crippen LogP contribution >= 0.6 is 11.6 Å². The first-order valence-corrected chi connectivity index (χ1v) is 12.1. The second kappa shape index (κ2) is 9.57. The maximum absolute atomic E-state index is 13.1. The number of nitrogens with one attached hydrogen (secondary N) is 1. The lowest BCUT2D eigenvalue weighted by atomic mass is 9.94. The van der Waals surface area contributed by atoms with Crippen molar-refractivity contribution in [2.45, 2.75) is 38.1 Å². The fourth-order valence-electron chi connectivity index (χ4n) is 4.96. The van der Waals surface area contributed by atoms with Crippen LogP contribution < -0.4 is 10.1 Å². The monoisotopic (exact) mass is 465 g/mol. The van der Waals surface area contributed by atoms with Gasteiger partial charge in [-0.05, 0) is 54.8 Å². The van der Waals surface area contributed by atoms with Gasteiger partial charge in [0.15, 0.2) is 11.5 Å². The van der Waals surface area contributed by atoms with Crippen molar-refractivity contribution < 1.29 is 14.3 Å². The Bertz CT molecular complexity index is 1090. The van der Waals surface area contributed by atoms with E-state index in [-0.39, 0.29) is 17.6 Å². The molecule has 33 heavy (non-hydrogen) atoms. The number of halogens is 1. The van der Waals surface area contributed by atoms with E-state index in [0.717, 1.165) is 31.7 Å². The fourth-order valence-corrected chi connectivity index (χ4v) is 5.16. The highest BCUT2D eigenvalue weighted by molar-refractivity contribution is 6.30. The van der Waals surface area contributed by atoms with Crippen molar-refractivity contribution in [3.63, 3.8) is 0 Å². The molecular weight excluding hydrogens is 438 g/mol. The van der Waals surface area contributed by atoms with Crippen molar-refractivity contribution >= 4 is 35.2 Å². The zero-order valence-corrected chi connectivity index (χ0v) is 19.3. The van der Waals surface area contributed by atoms with Crippen LogP contribution in [0.15, 0.2) is 48.2 Å². The first-order valence-electron chi connectivity index (χ1n) is 11.7. The van der Waals surface area contributed by atoms with Crippen LogP contribution in [0, 0.1) is 0 Å². The standard InChI is InChI=1S/C26H28ClN3O3/c27-20-6-4-5-18(15-20)16-24-25(31)28-22-17-19(9-10-23(22)33-24)26(32)30-13-11-29(12-14-30)21-7-2-1-3-8-21/h4-6,9-10,15-17,21H,1-3,7-8,11-14H2,(H,28,31)/b24-16+. The topological polar surface area (TPSA) is 61.9 Å². The Morgan fingerprint density at radius 3 is 2.58 bits per heavy atom. The molecule has 0 spiro atoms. The molecule has 2 aromatic carbocycles. The molecule has 6 nitrogen and oxygen atoms in total. The molecular formula is C26H28ClN3O3. The van der Waals surface area contributed by atoms with Crippen LogP contribution in [0.1, 0.15) is 48.0 Å². The van der Waals surface area contributed by atoms with E-state index in [1.54, 1.807) is 36.4 Å². The van der Waals surface area contributed by atoms with Crippen LogP contribution in [0.25, 0.3) is 6.08 Å². The van der Waals surface area contributed by atoms with E-state index >= 15 is 0 Å². The van der Waals surface area contributed by atoms with Gasteiger partial charge in [0.05, 0.1) is 5.69 Å². The number of benzene rings is 2. The van der Waals surface area contributed by atoms with Crippen molar-refractivity contribution in [1.82, 2.24) is 9.80 Å². The van der Waals surface area contributed by atoms with Gasteiger partial charge in [-0.3, -0.25) is 14.5 Å². The van der Waals surface area contributed by atoms with Crippen molar-refractivity contribution in [3.8, 4) is 5.75 Å². The number of fused-ring (bicyclic) bond motifs is 1. The van der Waals surface area contributed by atoms with Gasteiger partial charge in [-0.1, -0.05) is 43.0 Å². The Labute approximate surface area is 199 Å². The summed E-state index contributed by atoms with van der Waals surface area (Å²) in [5.74, 6) is 0.341. The van der Waals surface area contributed by atoms with E-state index < -0.39 is 0 Å². The number of amides is 2. The minimum Gasteiger partial charge on any atom is -0.449 e. The molecule has 0 aromatic heterocycles. The zero-order valence-electron chi connectivity index (χ0n) is 18.6. The number of hydrogen-bond acceptors (Lipinski definition) is 4. The third kappa shape index (κ3) is 4.92. The summed E-state index contributed by atoms with van der Waals surface area (Å²) in [5, 5.41) is 3.44. The quantitative estimate of drug-likeness (QED) is 0.661. The van der Waals surface area contributed by atoms with E-state index in [4.69, 9.17) is 16.3 Å². The number of rotatable bonds is 3. The summed E-state index contributed by atoms with van der Waals surface area (Å²) in [6.45, 7) is 3.33. The summed E-state index contributed by atoms with van der Waals surface area (Å²) in [7, 11) is 0. The third-order valence-corrected chi connectivity index (χ3v) is 6.99. The number of carbonyl (C=O) groups excluding carboxylic acids is 2. The largest absolute Gasteiger partial charge is 0.449 e. The molecule has 0 bridgehead atoms. The summed E-state index contributed by atoms with van der Waals surface area (Å²) < 4.78 is 5.82. The lowest BCUT2D eigenvalue weighted by Gasteiger charge is -2.40. The van der Waals surface area contributed by atoms with Gasteiger partial charge in [0.25, 0.3) is 11.8 Å². The summed E-state index contributed by atoms with van der Waals surface area (Å²) in [6.07, 6.45) is 8.21. The Hall–Kier alpha value is -2.83. The van der Waals surface area contributed by atoms with Crippen LogP contribution in [0.5, 0.6) is 5.75 Å². The molecule has 2 aromatic rings. The molecule has 172 valence electrons. The van der Waals surface area contributed by atoms with E-state index in [0.29, 0.717) is 28.1 Å². The predicted molar refractivity (Wildman–Crippen MR) is 129 cm³/mol. The second-order valence-corrected chi connectivity index (χ2v) is 9.39. The third-order valence-electron chi connectivity index (χ3n) is 6.76. The van der Waals surface area contributed by atoms with E-state index in [1.165, 1.54) is 32.1 Å². The smallest absolute Gasteiger partial charge is 0.291 e. The molecule has 2 amide bonds. The number of piperazine rings is 1. The van der Waals surface area contributed by atoms with Gasteiger partial charge in [0.1, 0.15) is 0 Å². The summed E-state index contributed by atoms with van der Waals surface area (Å²) in [5.41, 5.74) is 1.84. The summed E-state index contributed by atoms with van der Waals surface area (Å²) >= 11 is 6.03. The van der Waals surface area contributed by atoms with Crippen LogP contribution in [0.2, 0.25) is 5.02 Å². The van der Waals surface area contributed by atoms with Gasteiger partial charge in [0.2, 0.25) is 0 Å². The number of nitrogens with zero attached hydrogens (tertiary/aromatic N) is 2. The molecule has 7 heteroatoms. The molecule has 2 fully saturated rings. The highest BCUT2D eigenvalue weighted by atomic mass is 35.5. The zero-order chi connectivity index (χ0) is 22.8. The molecule has 1 aliphatic carbocycles. The average Bonchev–Trinajstić information content (AvgIpc) is 2.84. The molecule has 1 N–H and O–H groups in total. The molecule has 0 radical (unpaired) electrons. The number of anilines is 1. The molecule has 5 rings (SSSR count). The number of ether oxygens (including phenoxy) is 1. The molecule has 0 unspecified atom stereocenters. The molecule has 2 heterocycles. The minimum absolute atomic E-state index is 0.00407. The van der Waals surface area contributed by atoms with Crippen molar-refractivity contribution in [1.29, 1.82) is 0 Å². The maximum Gasteiger partial charge on any atom is 0.291 e. The van der Waals surface area contributed by atoms with E-state index in [2.05, 4.69) is 10.2 Å². The van der Waals surface area contributed by atoms with E-state index in [1.807, 2.05) is 17.0 Å². The van der Waals surface area contributed by atoms with Crippen molar-refractivity contribution in [2.24, 2.45) is 0 Å². The Morgan fingerprint density at radius 1 is 1.03 bits per heavy atom. The Balaban J connectivity index is 1.25. The summed E-state index contributed by atoms with van der Waals surface area (Å²) in [4.78, 5) is 30.2. The van der Waals surface area contributed by atoms with Gasteiger partial charge in [-0.2, -0.15) is 0 Å². The Morgan fingerprint density at radius 2 is 1.82 bits per heavy atom. The second-order valence-electron chi connectivity index (χ2n) is 8.95. The first kappa shape index (κ1) is 22.0. The van der Waals surface area contributed by atoms with Gasteiger partial charge >= 0.3 is 0 Å². The van der Waals surface area contributed by atoms with Gasteiger partial charge in [-0.15, -0.1) is 0 Å². The van der Waals surface area contributed by atoms with Gasteiger partial charge in [0, 0.05) is 42.8 Å². The highest BCUT2D eigenvalue weighted by Gasteiger charge is 2.29. The lowest BCUT2D eigenvalue weighted by Crippen LogP contribution is -2.52. The SMILES string of the molecule is O=C1Nc2cc(C(=O)N3CCN(C4CCCCC4)CC3)ccc2O/C1=C/c1cccc(Cl)c1. The average molecular weight is 466 g/mol. The van der Waals surface area contributed by atoms with Crippen molar-refractivity contribution in [3.05, 3.63) is 64.4 Å². The lowest BCUT2D eigenvalue weighted by molar-refractivity contribution is -0.115. The van der Waals surface area contributed by atoms with E-state index in [9.17, 15) is 9.59 Å². The van der Waals surface area contributed by atoms with Gasteiger partial charge < -0.3 is 15.0 Å². The van der Waals surface area contributed by atoms with Crippen molar-refractivity contribution in [2.75, 3.05) is 31.5 Å². The van der Waals surface area contributed by atoms with Crippen LogP contribution in [0.3, 0.4) is 0 Å². The Kier molecular flexibility index (Phi) is 6.38. The van der Waals surface area contributed by atoms with Crippen LogP contribution in [-0.2, 0) is 4.79 Å². The normalized spacial score (nSPS) is 20.8. The predicted octanol–water partition coefficient (Wildman–Crippen LogP) is 4.80. The maximum atomic E-state index is 13.1. The molecule has 1 saturated carbocycles. The number of hydrogen-bond donors (Lipinski definition) is 1. The minimum atomic E-state index is -0.354. The highest BCUT2D eigenvalue weighted by Crippen LogP contribution is 2.33. The first-order chi connectivity index (χ1) is 16.1. The summed E-state index contributed by atoms with van der Waals surface area (Å²) in [6, 6.07) is 13.1. The van der Waals surface area contributed by atoms with Crippen LogP contribution in [0.4, 0.5) is 5.69 Å². The molecule has 3 aliphatic rings. The van der Waals surface area contributed by atoms with Gasteiger partial charge in [-0.25, -0.2) is 0 Å². The number of carbonyl (C=O) groups is 2. The molecule has 2 aliphatic heterocycles. The molecule has 1 saturated heterocycles. The molecule has 0 atom stereocenters. The van der Waals surface area contributed by atoms with Crippen LogP contribution in [-0.4, -0.2) is 53.8 Å². The fraction of sp³-hybridized carbons (Fsp3) is 0.385.